The standard InChI is InChI=1S/C25H29Cl4N3O4S/c1-16(25(34)30-19-6-4-3-5-7-19)31(14-17-8-10-18(26)11-9-17)24(33)15-32(37(2,35)36)23-13-21(28)20(27)12-22(23)29/h8-13,16,19H,3-7,14-15H2,1-2H3,(H,30,34)/t16-/m1/s1. The fourth-order valence-corrected chi connectivity index (χ4v) is 5.91. The predicted octanol–water partition coefficient (Wildman–Crippen LogP) is 5.93. The molecule has 1 aliphatic rings. The molecular weight excluding hydrogens is 580 g/mol. The molecule has 0 aliphatic heterocycles. The summed E-state index contributed by atoms with van der Waals surface area (Å²) in [5.41, 5.74) is 0.742. The number of benzene rings is 2. The van der Waals surface area contributed by atoms with Crippen LogP contribution in [0, 0.1) is 0 Å². The van der Waals surface area contributed by atoms with Crippen molar-refractivity contribution in [1.29, 1.82) is 0 Å². The highest BCUT2D eigenvalue weighted by Crippen LogP contribution is 2.35. The van der Waals surface area contributed by atoms with Gasteiger partial charge in [0.1, 0.15) is 12.6 Å². The summed E-state index contributed by atoms with van der Waals surface area (Å²) in [6.07, 6.45) is 5.97. The Morgan fingerprint density at radius 2 is 1.57 bits per heavy atom. The van der Waals surface area contributed by atoms with Crippen LogP contribution in [0.3, 0.4) is 0 Å². The number of carbonyl (C=O) groups is 2. The Bertz CT molecular complexity index is 1240. The van der Waals surface area contributed by atoms with Gasteiger partial charge in [-0.2, -0.15) is 0 Å². The fraction of sp³-hybridized carbons (Fsp3) is 0.440. The third-order valence-electron chi connectivity index (χ3n) is 6.32. The summed E-state index contributed by atoms with van der Waals surface area (Å²) in [6, 6.07) is 8.67. The second-order valence-electron chi connectivity index (χ2n) is 9.15. The van der Waals surface area contributed by atoms with Crippen LogP contribution >= 0.6 is 46.4 Å². The molecule has 1 aliphatic carbocycles. The van der Waals surface area contributed by atoms with Crippen LogP contribution in [0.4, 0.5) is 5.69 Å². The molecule has 7 nitrogen and oxygen atoms in total. The van der Waals surface area contributed by atoms with E-state index in [2.05, 4.69) is 5.32 Å². The fourth-order valence-electron chi connectivity index (χ4n) is 4.24. The molecule has 12 heteroatoms. The molecule has 0 bridgehead atoms. The summed E-state index contributed by atoms with van der Waals surface area (Å²) in [5, 5.41) is 3.82. The van der Waals surface area contributed by atoms with E-state index in [1.807, 2.05) is 0 Å². The van der Waals surface area contributed by atoms with Crippen LogP contribution < -0.4 is 9.62 Å². The van der Waals surface area contributed by atoms with Gasteiger partial charge in [-0.05, 0) is 49.6 Å². The van der Waals surface area contributed by atoms with E-state index >= 15 is 0 Å². The summed E-state index contributed by atoms with van der Waals surface area (Å²) in [4.78, 5) is 28.2. The van der Waals surface area contributed by atoms with E-state index in [1.165, 1.54) is 17.0 Å². The Kier molecular flexibility index (Phi) is 10.4. The van der Waals surface area contributed by atoms with Crippen LogP contribution in [0.1, 0.15) is 44.6 Å². The Labute approximate surface area is 238 Å². The van der Waals surface area contributed by atoms with Crippen molar-refractivity contribution in [2.75, 3.05) is 17.1 Å². The maximum Gasteiger partial charge on any atom is 0.244 e. The van der Waals surface area contributed by atoms with Crippen LogP contribution in [0.2, 0.25) is 20.1 Å². The molecule has 0 saturated heterocycles. The third kappa shape index (κ3) is 8.14. The Hall–Kier alpha value is -1.71. The molecule has 0 spiro atoms. The molecule has 2 amide bonds. The van der Waals surface area contributed by atoms with Gasteiger partial charge in [0.05, 0.1) is 27.0 Å². The number of rotatable bonds is 9. The monoisotopic (exact) mass is 607 g/mol. The number of hydrogen-bond acceptors (Lipinski definition) is 4. The van der Waals surface area contributed by atoms with Crippen LogP contribution in [-0.2, 0) is 26.2 Å². The number of sulfonamides is 1. The minimum atomic E-state index is -3.96. The molecule has 37 heavy (non-hydrogen) atoms. The lowest BCUT2D eigenvalue weighted by atomic mass is 9.95. The molecule has 1 saturated carbocycles. The van der Waals surface area contributed by atoms with Gasteiger partial charge >= 0.3 is 0 Å². The summed E-state index contributed by atoms with van der Waals surface area (Å²) in [7, 11) is -3.96. The van der Waals surface area contributed by atoms with Gasteiger partial charge in [0.25, 0.3) is 0 Å². The molecule has 0 radical (unpaired) electrons. The van der Waals surface area contributed by atoms with E-state index in [0.717, 1.165) is 48.2 Å². The van der Waals surface area contributed by atoms with Gasteiger partial charge in [-0.25, -0.2) is 8.42 Å². The quantitative estimate of drug-likeness (QED) is 0.357. The van der Waals surface area contributed by atoms with Gasteiger partial charge in [-0.1, -0.05) is 77.8 Å². The number of anilines is 1. The van der Waals surface area contributed by atoms with Crippen molar-refractivity contribution < 1.29 is 18.0 Å². The van der Waals surface area contributed by atoms with Gasteiger partial charge in [-0.15, -0.1) is 0 Å². The first-order chi connectivity index (χ1) is 17.4. The second kappa shape index (κ2) is 12.9. The smallest absolute Gasteiger partial charge is 0.244 e. The first-order valence-electron chi connectivity index (χ1n) is 11.8. The highest BCUT2D eigenvalue weighted by molar-refractivity contribution is 7.92. The number of nitrogens with one attached hydrogen (secondary N) is 1. The molecule has 1 fully saturated rings. The number of carbonyl (C=O) groups excluding carboxylic acids is 2. The molecule has 1 N–H and O–H groups in total. The first-order valence-corrected chi connectivity index (χ1v) is 15.2. The zero-order valence-corrected chi connectivity index (χ0v) is 24.4. The normalized spacial score (nSPS) is 15.2. The van der Waals surface area contributed by atoms with Crippen molar-refractivity contribution >= 4 is 73.9 Å². The second-order valence-corrected chi connectivity index (χ2v) is 12.7. The maximum atomic E-state index is 13.7. The molecule has 2 aromatic rings. The average Bonchev–Trinajstić information content (AvgIpc) is 2.84. The lowest BCUT2D eigenvalue weighted by molar-refractivity contribution is -0.139. The maximum absolute atomic E-state index is 13.7. The van der Waals surface area contributed by atoms with Gasteiger partial charge in [0, 0.05) is 17.6 Å². The lowest BCUT2D eigenvalue weighted by Gasteiger charge is -2.33. The number of halogens is 4. The number of amides is 2. The van der Waals surface area contributed by atoms with E-state index in [0.29, 0.717) is 5.02 Å². The van der Waals surface area contributed by atoms with E-state index in [-0.39, 0.29) is 39.2 Å². The van der Waals surface area contributed by atoms with E-state index in [4.69, 9.17) is 46.4 Å². The Morgan fingerprint density at radius 3 is 2.16 bits per heavy atom. The van der Waals surface area contributed by atoms with Crippen molar-refractivity contribution in [3.8, 4) is 0 Å². The van der Waals surface area contributed by atoms with Gasteiger partial charge in [0.2, 0.25) is 21.8 Å². The van der Waals surface area contributed by atoms with E-state index < -0.39 is 28.5 Å². The number of nitrogens with zero attached hydrogens (tertiary/aromatic N) is 2. The minimum Gasteiger partial charge on any atom is -0.352 e. The summed E-state index contributed by atoms with van der Waals surface area (Å²) in [5.74, 6) is -0.888. The highest BCUT2D eigenvalue weighted by atomic mass is 35.5. The van der Waals surface area contributed by atoms with Gasteiger partial charge in [-0.3, -0.25) is 13.9 Å². The summed E-state index contributed by atoms with van der Waals surface area (Å²) >= 11 is 24.4. The zero-order chi connectivity index (χ0) is 27.3. The van der Waals surface area contributed by atoms with Crippen LogP contribution in [0.25, 0.3) is 0 Å². The van der Waals surface area contributed by atoms with Crippen LogP contribution in [0.5, 0.6) is 0 Å². The van der Waals surface area contributed by atoms with Crippen LogP contribution in [-0.4, -0.2) is 50.0 Å². The van der Waals surface area contributed by atoms with Crippen molar-refractivity contribution in [3.63, 3.8) is 0 Å². The van der Waals surface area contributed by atoms with Gasteiger partial charge in [0.15, 0.2) is 0 Å². The minimum absolute atomic E-state index is 0.0117. The molecule has 0 unspecified atom stereocenters. The zero-order valence-electron chi connectivity index (χ0n) is 20.5. The summed E-state index contributed by atoms with van der Waals surface area (Å²) in [6.45, 7) is 1.11. The van der Waals surface area contributed by atoms with E-state index in [9.17, 15) is 18.0 Å². The molecular formula is C25H29Cl4N3O4S. The van der Waals surface area contributed by atoms with Crippen LogP contribution in [0.15, 0.2) is 36.4 Å². The van der Waals surface area contributed by atoms with Crippen molar-refractivity contribution in [1.82, 2.24) is 10.2 Å². The SMILES string of the molecule is C[C@H](C(=O)NC1CCCCC1)N(Cc1ccc(Cl)cc1)C(=O)CN(c1cc(Cl)c(Cl)cc1Cl)S(C)(=O)=O. The molecule has 3 rings (SSSR count). The van der Waals surface area contributed by atoms with E-state index in [1.54, 1.807) is 31.2 Å². The van der Waals surface area contributed by atoms with Crippen molar-refractivity contribution in [2.24, 2.45) is 0 Å². The molecule has 0 heterocycles. The molecule has 202 valence electrons. The largest absolute Gasteiger partial charge is 0.352 e. The lowest BCUT2D eigenvalue weighted by Crippen LogP contribution is -2.53. The van der Waals surface area contributed by atoms with Gasteiger partial charge < -0.3 is 10.2 Å². The Balaban J connectivity index is 1.91. The molecule has 0 aromatic heterocycles. The topological polar surface area (TPSA) is 86.8 Å². The first kappa shape index (κ1) is 29.8. The third-order valence-corrected chi connectivity index (χ3v) is 8.73. The van der Waals surface area contributed by atoms with Crippen molar-refractivity contribution in [2.45, 2.75) is 57.7 Å². The number of hydrogen-bond donors (Lipinski definition) is 1. The molecule has 2 aromatic carbocycles. The van der Waals surface area contributed by atoms with Crippen molar-refractivity contribution in [3.05, 3.63) is 62.1 Å². The molecule has 1 atom stereocenters. The summed E-state index contributed by atoms with van der Waals surface area (Å²) < 4.78 is 26.3. The highest BCUT2D eigenvalue weighted by Gasteiger charge is 2.32. The predicted molar refractivity (Wildman–Crippen MR) is 150 cm³/mol. The Morgan fingerprint density at radius 1 is 0.973 bits per heavy atom. The average molecular weight is 609 g/mol.